The molecule has 0 spiro atoms. The van der Waals surface area contributed by atoms with Gasteiger partial charge in [-0.25, -0.2) is 4.79 Å². The van der Waals surface area contributed by atoms with Crippen LogP contribution in [0.3, 0.4) is 0 Å². The van der Waals surface area contributed by atoms with Crippen LogP contribution < -0.4 is 4.90 Å². The molecule has 0 aromatic heterocycles. The highest BCUT2D eigenvalue weighted by Gasteiger charge is 2.32. The van der Waals surface area contributed by atoms with Crippen LogP contribution in [-0.4, -0.2) is 68.2 Å². The minimum Gasteiger partial charge on any atom is -0.453 e. The van der Waals surface area contributed by atoms with Crippen molar-refractivity contribution >= 4 is 17.7 Å². The minimum absolute atomic E-state index is 0.0962. The number of nitrogens with zero attached hydrogens (tertiary/aromatic N) is 3. The topological polar surface area (TPSA) is 53.1 Å². The first-order chi connectivity index (χ1) is 11.7. The maximum atomic E-state index is 12.8. The third kappa shape index (κ3) is 3.63. The van der Waals surface area contributed by atoms with Crippen molar-refractivity contribution in [3.05, 3.63) is 30.3 Å². The summed E-state index contributed by atoms with van der Waals surface area (Å²) in [5.74, 6) is 0.0810. The Balaban J connectivity index is 1.54. The molecule has 130 valence electrons. The second-order valence-electron chi connectivity index (χ2n) is 6.40. The van der Waals surface area contributed by atoms with Gasteiger partial charge < -0.3 is 19.4 Å². The zero-order valence-electron chi connectivity index (χ0n) is 14.2. The molecule has 3 rings (SSSR count). The monoisotopic (exact) mass is 331 g/mol. The van der Waals surface area contributed by atoms with Crippen molar-refractivity contribution in [3.8, 4) is 0 Å². The summed E-state index contributed by atoms with van der Waals surface area (Å²) in [6.07, 6.45) is 1.38. The highest BCUT2D eigenvalue weighted by atomic mass is 16.5. The number of carbonyl (C=O) groups excluding carboxylic acids is 2. The van der Waals surface area contributed by atoms with Gasteiger partial charge in [-0.15, -0.1) is 0 Å². The number of piperazine rings is 1. The molecule has 0 bridgehead atoms. The predicted molar refractivity (Wildman–Crippen MR) is 91.9 cm³/mol. The lowest BCUT2D eigenvalue weighted by Gasteiger charge is -2.39. The Bertz CT molecular complexity index is 570. The van der Waals surface area contributed by atoms with Crippen LogP contribution in [0.1, 0.15) is 12.8 Å². The normalized spacial score (nSPS) is 21.5. The molecule has 0 aliphatic carbocycles. The van der Waals surface area contributed by atoms with E-state index in [1.54, 1.807) is 4.90 Å². The van der Waals surface area contributed by atoms with Crippen molar-refractivity contribution in [2.75, 3.05) is 51.3 Å². The number of piperidine rings is 1. The number of carbonyl (C=O) groups is 2. The molecule has 2 heterocycles. The summed E-state index contributed by atoms with van der Waals surface area (Å²) in [5, 5.41) is 0. The van der Waals surface area contributed by atoms with Gasteiger partial charge >= 0.3 is 6.09 Å². The first kappa shape index (κ1) is 16.6. The SMILES string of the molecule is COC(=O)N1CCCC(C(=O)N2CCN(c3ccccc3)CC2)C1. The number of methoxy groups -OCH3 is 1. The van der Waals surface area contributed by atoms with Crippen LogP contribution in [0, 0.1) is 5.92 Å². The van der Waals surface area contributed by atoms with Gasteiger partial charge in [0.2, 0.25) is 5.91 Å². The summed E-state index contributed by atoms with van der Waals surface area (Å²) in [6.45, 7) is 4.33. The number of rotatable bonds is 2. The number of hydrogen-bond acceptors (Lipinski definition) is 4. The Morgan fingerprint density at radius 1 is 1.00 bits per heavy atom. The largest absolute Gasteiger partial charge is 0.453 e. The molecule has 2 amide bonds. The minimum atomic E-state index is -0.332. The second kappa shape index (κ2) is 7.55. The molecule has 6 heteroatoms. The summed E-state index contributed by atoms with van der Waals surface area (Å²) in [5.41, 5.74) is 1.21. The molecular weight excluding hydrogens is 306 g/mol. The van der Waals surface area contributed by atoms with Gasteiger partial charge in [0.1, 0.15) is 0 Å². The van der Waals surface area contributed by atoms with E-state index in [1.165, 1.54) is 12.8 Å². The van der Waals surface area contributed by atoms with Crippen LogP contribution in [0.4, 0.5) is 10.5 Å². The van der Waals surface area contributed by atoms with E-state index in [0.717, 1.165) is 39.0 Å². The Morgan fingerprint density at radius 2 is 1.71 bits per heavy atom. The van der Waals surface area contributed by atoms with Gasteiger partial charge in [0.05, 0.1) is 13.0 Å². The Labute approximate surface area is 143 Å². The van der Waals surface area contributed by atoms with Crippen LogP contribution in [0.15, 0.2) is 30.3 Å². The van der Waals surface area contributed by atoms with Crippen molar-refractivity contribution in [1.29, 1.82) is 0 Å². The molecule has 2 fully saturated rings. The average Bonchev–Trinajstić information content (AvgIpc) is 2.67. The Kier molecular flexibility index (Phi) is 5.23. The Morgan fingerprint density at radius 3 is 2.38 bits per heavy atom. The fourth-order valence-electron chi connectivity index (χ4n) is 3.56. The summed E-state index contributed by atoms with van der Waals surface area (Å²) in [7, 11) is 1.39. The quantitative estimate of drug-likeness (QED) is 0.829. The average molecular weight is 331 g/mol. The number of ether oxygens (including phenoxy) is 1. The molecule has 1 unspecified atom stereocenters. The van der Waals surface area contributed by atoms with Crippen LogP contribution in [-0.2, 0) is 9.53 Å². The van der Waals surface area contributed by atoms with Crippen LogP contribution in [0.2, 0.25) is 0 Å². The lowest BCUT2D eigenvalue weighted by atomic mass is 9.96. The zero-order chi connectivity index (χ0) is 16.9. The molecule has 6 nitrogen and oxygen atoms in total. The summed E-state index contributed by atoms with van der Waals surface area (Å²) in [4.78, 5) is 30.4. The highest BCUT2D eigenvalue weighted by molar-refractivity contribution is 5.80. The molecule has 1 atom stereocenters. The fourth-order valence-corrected chi connectivity index (χ4v) is 3.56. The van der Waals surface area contributed by atoms with Crippen molar-refractivity contribution in [3.63, 3.8) is 0 Å². The molecule has 2 saturated heterocycles. The summed E-state index contributed by atoms with van der Waals surface area (Å²) < 4.78 is 4.78. The third-order valence-corrected chi connectivity index (χ3v) is 4.92. The van der Waals surface area contributed by atoms with Crippen molar-refractivity contribution in [1.82, 2.24) is 9.80 Å². The fraction of sp³-hybridized carbons (Fsp3) is 0.556. The molecule has 2 aliphatic heterocycles. The number of anilines is 1. The van der Waals surface area contributed by atoms with Crippen molar-refractivity contribution in [2.45, 2.75) is 12.8 Å². The number of para-hydroxylation sites is 1. The van der Waals surface area contributed by atoms with Crippen molar-refractivity contribution < 1.29 is 14.3 Å². The maximum Gasteiger partial charge on any atom is 0.409 e. The lowest BCUT2D eigenvalue weighted by Crippen LogP contribution is -2.53. The van der Waals surface area contributed by atoms with Crippen LogP contribution in [0.5, 0.6) is 0 Å². The molecule has 1 aromatic rings. The maximum absolute atomic E-state index is 12.8. The van der Waals surface area contributed by atoms with E-state index in [9.17, 15) is 9.59 Å². The van der Waals surface area contributed by atoms with E-state index in [0.29, 0.717) is 13.1 Å². The predicted octanol–water partition coefficient (Wildman–Crippen LogP) is 1.81. The van der Waals surface area contributed by atoms with Crippen LogP contribution >= 0.6 is 0 Å². The standard InChI is InChI=1S/C18H25N3O3/c1-24-18(23)21-9-5-6-15(14-21)17(22)20-12-10-19(11-13-20)16-7-3-2-4-8-16/h2-4,7-8,15H,5-6,9-14H2,1H3. The van der Waals surface area contributed by atoms with Gasteiger partial charge in [-0.3, -0.25) is 4.79 Å². The highest BCUT2D eigenvalue weighted by Crippen LogP contribution is 2.21. The van der Waals surface area contributed by atoms with Gasteiger partial charge in [0.15, 0.2) is 0 Å². The number of benzene rings is 1. The molecule has 0 radical (unpaired) electrons. The molecule has 24 heavy (non-hydrogen) atoms. The molecule has 0 saturated carbocycles. The van der Waals surface area contributed by atoms with E-state index in [1.807, 2.05) is 23.1 Å². The second-order valence-corrected chi connectivity index (χ2v) is 6.40. The first-order valence-electron chi connectivity index (χ1n) is 8.60. The number of likely N-dealkylation sites (tertiary alicyclic amines) is 1. The van der Waals surface area contributed by atoms with Gasteiger partial charge in [-0.1, -0.05) is 18.2 Å². The van der Waals surface area contributed by atoms with Crippen molar-refractivity contribution in [2.24, 2.45) is 5.92 Å². The summed E-state index contributed by atoms with van der Waals surface area (Å²) >= 11 is 0. The van der Waals surface area contributed by atoms with E-state index in [2.05, 4.69) is 17.0 Å². The van der Waals surface area contributed by atoms with E-state index < -0.39 is 0 Å². The van der Waals surface area contributed by atoms with Crippen LogP contribution in [0.25, 0.3) is 0 Å². The molecule has 0 N–H and O–H groups in total. The first-order valence-corrected chi connectivity index (χ1v) is 8.60. The molecule has 1 aromatic carbocycles. The smallest absolute Gasteiger partial charge is 0.409 e. The van der Waals surface area contributed by atoms with Gasteiger partial charge in [-0.05, 0) is 25.0 Å². The third-order valence-electron chi connectivity index (χ3n) is 4.92. The van der Waals surface area contributed by atoms with E-state index >= 15 is 0 Å². The zero-order valence-corrected chi connectivity index (χ0v) is 14.2. The molecular formula is C18H25N3O3. The Hall–Kier alpha value is -2.24. The van der Waals surface area contributed by atoms with Gasteiger partial charge in [0.25, 0.3) is 0 Å². The van der Waals surface area contributed by atoms with Gasteiger partial charge in [0, 0.05) is 45.0 Å². The molecule has 2 aliphatic rings. The number of amides is 2. The van der Waals surface area contributed by atoms with E-state index in [4.69, 9.17) is 4.74 Å². The van der Waals surface area contributed by atoms with Gasteiger partial charge in [-0.2, -0.15) is 0 Å². The summed E-state index contributed by atoms with van der Waals surface area (Å²) in [6, 6.07) is 10.3. The van der Waals surface area contributed by atoms with E-state index in [-0.39, 0.29) is 17.9 Å². The lowest BCUT2D eigenvalue weighted by molar-refractivity contribution is -0.137. The number of hydrogen-bond donors (Lipinski definition) is 0.